The fourth-order valence-corrected chi connectivity index (χ4v) is 2.84. The summed E-state index contributed by atoms with van der Waals surface area (Å²) >= 11 is 0. The highest BCUT2D eigenvalue weighted by atomic mass is 19.1. The minimum atomic E-state index is -0.241. The number of hydrogen-bond acceptors (Lipinski definition) is 2. The molecular formula is C18H28FNO. The monoisotopic (exact) mass is 293 g/mol. The molecule has 0 saturated heterocycles. The molecule has 1 aliphatic rings. The lowest BCUT2D eigenvalue weighted by Gasteiger charge is -2.21. The van der Waals surface area contributed by atoms with Crippen molar-refractivity contribution >= 4 is 0 Å². The molecule has 2 rings (SSSR count). The van der Waals surface area contributed by atoms with Gasteiger partial charge in [-0.2, -0.15) is 0 Å². The van der Waals surface area contributed by atoms with Crippen molar-refractivity contribution in [1.82, 2.24) is 5.32 Å². The first-order chi connectivity index (χ1) is 10.1. The van der Waals surface area contributed by atoms with Gasteiger partial charge in [-0.25, -0.2) is 4.39 Å². The summed E-state index contributed by atoms with van der Waals surface area (Å²) in [4.78, 5) is 0. The summed E-state index contributed by atoms with van der Waals surface area (Å²) in [6.07, 6.45) is 6.36. The van der Waals surface area contributed by atoms with E-state index in [4.69, 9.17) is 4.74 Å². The Labute approximate surface area is 128 Å². The summed E-state index contributed by atoms with van der Waals surface area (Å²) < 4.78 is 19.7. The molecule has 1 N–H and O–H groups in total. The summed E-state index contributed by atoms with van der Waals surface area (Å²) in [6, 6.07) is 5.31. The normalized spacial score (nSPS) is 16.4. The van der Waals surface area contributed by atoms with Crippen molar-refractivity contribution in [2.24, 2.45) is 11.8 Å². The maximum atomic E-state index is 14.0. The van der Waals surface area contributed by atoms with Crippen LogP contribution in [0.5, 0.6) is 5.75 Å². The molecule has 1 aromatic rings. The lowest BCUT2D eigenvalue weighted by Crippen LogP contribution is -2.19. The number of halogens is 1. The number of benzene rings is 1. The maximum absolute atomic E-state index is 14.0. The van der Waals surface area contributed by atoms with E-state index in [1.165, 1.54) is 32.1 Å². The topological polar surface area (TPSA) is 21.3 Å². The molecule has 21 heavy (non-hydrogen) atoms. The number of nitrogens with one attached hydrogen (secondary N) is 1. The highest BCUT2D eigenvalue weighted by Crippen LogP contribution is 2.25. The van der Waals surface area contributed by atoms with Crippen molar-refractivity contribution in [1.29, 1.82) is 0 Å². The summed E-state index contributed by atoms with van der Waals surface area (Å²) in [5.74, 6) is 1.36. The Morgan fingerprint density at radius 1 is 1.24 bits per heavy atom. The predicted molar refractivity (Wildman–Crippen MR) is 85.0 cm³/mol. The predicted octanol–water partition coefficient (Wildman–Crippen LogP) is 4.53. The van der Waals surface area contributed by atoms with Gasteiger partial charge in [0.2, 0.25) is 0 Å². The summed E-state index contributed by atoms with van der Waals surface area (Å²) in [5.41, 5.74) is 0.971. The summed E-state index contributed by atoms with van der Waals surface area (Å²) in [6.45, 7) is 6.63. The molecule has 0 radical (unpaired) electrons. The molecule has 2 nitrogen and oxygen atoms in total. The highest BCUT2D eigenvalue weighted by Gasteiger charge is 2.15. The average molecular weight is 293 g/mol. The van der Waals surface area contributed by atoms with E-state index >= 15 is 0 Å². The van der Waals surface area contributed by atoms with E-state index in [1.54, 1.807) is 12.1 Å². The van der Waals surface area contributed by atoms with E-state index in [1.807, 2.05) is 6.07 Å². The van der Waals surface area contributed by atoms with E-state index < -0.39 is 0 Å². The molecule has 0 aliphatic heterocycles. The second kappa shape index (κ2) is 8.38. The van der Waals surface area contributed by atoms with E-state index in [0.717, 1.165) is 12.1 Å². The number of hydrogen-bond donors (Lipinski definition) is 1. The van der Waals surface area contributed by atoms with Crippen LogP contribution < -0.4 is 10.1 Å². The highest BCUT2D eigenvalue weighted by molar-refractivity contribution is 5.29. The van der Waals surface area contributed by atoms with Crippen LogP contribution in [0, 0.1) is 17.7 Å². The molecule has 0 atom stereocenters. The third-order valence-corrected chi connectivity index (χ3v) is 4.08. The lowest BCUT2D eigenvalue weighted by molar-refractivity contribution is 0.202. The maximum Gasteiger partial charge on any atom is 0.165 e. The molecule has 1 aliphatic carbocycles. The van der Waals surface area contributed by atoms with Crippen LogP contribution >= 0.6 is 0 Å². The second-order valence-electron chi connectivity index (χ2n) is 6.60. The molecule has 118 valence electrons. The summed E-state index contributed by atoms with van der Waals surface area (Å²) in [7, 11) is 0. The lowest BCUT2D eigenvalue weighted by atomic mass is 9.90. The fourth-order valence-electron chi connectivity index (χ4n) is 2.84. The van der Waals surface area contributed by atoms with Crippen molar-refractivity contribution in [3.05, 3.63) is 29.6 Å². The van der Waals surface area contributed by atoms with Gasteiger partial charge in [-0.1, -0.05) is 39.2 Å². The average Bonchev–Trinajstić information content (AvgIpc) is 2.47. The minimum Gasteiger partial charge on any atom is -0.490 e. The van der Waals surface area contributed by atoms with Crippen molar-refractivity contribution in [3.8, 4) is 5.75 Å². The minimum absolute atomic E-state index is 0.241. The van der Waals surface area contributed by atoms with Gasteiger partial charge in [0.05, 0.1) is 6.61 Å². The van der Waals surface area contributed by atoms with E-state index in [0.29, 0.717) is 30.7 Å². The molecule has 0 unspecified atom stereocenters. The number of rotatable bonds is 7. The van der Waals surface area contributed by atoms with E-state index in [9.17, 15) is 4.39 Å². The molecular weight excluding hydrogens is 265 g/mol. The van der Waals surface area contributed by atoms with Crippen LogP contribution in [-0.2, 0) is 6.54 Å². The zero-order chi connectivity index (χ0) is 15.1. The molecule has 0 heterocycles. The van der Waals surface area contributed by atoms with Crippen LogP contribution in [0.3, 0.4) is 0 Å². The first-order valence-electron chi connectivity index (χ1n) is 8.27. The Bertz CT molecular complexity index is 427. The van der Waals surface area contributed by atoms with Gasteiger partial charge in [0, 0.05) is 6.54 Å². The molecule has 0 amide bonds. The standard InChI is InChI=1S/C18H28FNO/c1-14(2)11-20-12-16-8-9-18(17(19)10-16)21-13-15-6-4-3-5-7-15/h8-10,14-15,20H,3-7,11-13H2,1-2H3. The van der Waals surface area contributed by atoms with Crippen molar-refractivity contribution in [3.63, 3.8) is 0 Å². The van der Waals surface area contributed by atoms with E-state index in [2.05, 4.69) is 19.2 Å². The Morgan fingerprint density at radius 3 is 2.67 bits per heavy atom. The van der Waals surface area contributed by atoms with Gasteiger partial charge < -0.3 is 10.1 Å². The van der Waals surface area contributed by atoms with Crippen LogP contribution in [0.25, 0.3) is 0 Å². The third kappa shape index (κ3) is 5.66. The molecule has 3 heteroatoms. The molecule has 0 bridgehead atoms. The van der Waals surface area contributed by atoms with Crippen LogP contribution in [0.2, 0.25) is 0 Å². The van der Waals surface area contributed by atoms with Gasteiger partial charge in [-0.3, -0.25) is 0 Å². The first-order valence-corrected chi connectivity index (χ1v) is 8.27. The van der Waals surface area contributed by atoms with E-state index in [-0.39, 0.29) is 5.82 Å². The smallest absolute Gasteiger partial charge is 0.165 e. The van der Waals surface area contributed by atoms with Crippen molar-refractivity contribution in [2.75, 3.05) is 13.2 Å². The van der Waals surface area contributed by atoms with Gasteiger partial charge in [-0.05, 0) is 48.9 Å². The van der Waals surface area contributed by atoms with Gasteiger partial charge >= 0.3 is 0 Å². The van der Waals surface area contributed by atoms with Gasteiger partial charge in [0.15, 0.2) is 11.6 Å². The largest absolute Gasteiger partial charge is 0.490 e. The van der Waals surface area contributed by atoms with Gasteiger partial charge in [0.25, 0.3) is 0 Å². The third-order valence-electron chi connectivity index (χ3n) is 4.08. The molecule has 1 saturated carbocycles. The Balaban J connectivity index is 1.80. The Kier molecular flexibility index (Phi) is 6.50. The Hall–Kier alpha value is -1.09. The van der Waals surface area contributed by atoms with Crippen LogP contribution in [0.1, 0.15) is 51.5 Å². The first kappa shape index (κ1) is 16.3. The van der Waals surface area contributed by atoms with Crippen LogP contribution in [-0.4, -0.2) is 13.2 Å². The molecule has 1 aromatic carbocycles. The van der Waals surface area contributed by atoms with Crippen molar-refractivity contribution < 1.29 is 9.13 Å². The zero-order valence-corrected chi connectivity index (χ0v) is 13.3. The Morgan fingerprint density at radius 2 is 2.00 bits per heavy atom. The molecule has 0 aromatic heterocycles. The quantitative estimate of drug-likeness (QED) is 0.797. The zero-order valence-electron chi connectivity index (χ0n) is 13.3. The molecule has 0 spiro atoms. The molecule has 1 fully saturated rings. The van der Waals surface area contributed by atoms with Crippen LogP contribution in [0.15, 0.2) is 18.2 Å². The van der Waals surface area contributed by atoms with Gasteiger partial charge in [-0.15, -0.1) is 0 Å². The fraction of sp³-hybridized carbons (Fsp3) is 0.667. The van der Waals surface area contributed by atoms with Crippen molar-refractivity contribution in [2.45, 2.75) is 52.5 Å². The van der Waals surface area contributed by atoms with Gasteiger partial charge in [0.1, 0.15) is 0 Å². The SMILES string of the molecule is CC(C)CNCc1ccc(OCC2CCCCC2)c(F)c1. The summed E-state index contributed by atoms with van der Waals surface area (Å²) in [5, 5.41) is 3.32. The second-order valence-corrected chi connectivity index (χ2v) is 6.60. The number of ether oxygens (including phenoxy) is 1. The van der Waals surface area contributed by atoms with Crippen LogP contribution in [0.4, 0.5) is 4.39 Å².